The number of carboxylic acids is 1. The first kappa shape index (κ1) is 12.7. The minimum atomic E-state index is -0.797. The summed E-state index contributed by atoms with van der Waals surface area (Å²) in [4.78, 5) is 10.7. The molecule has 1 atom stereocenters. The van der Waals surface area contributed by atoms with E-state index in [1.807, 2.05) is 18.5 Å². The molecule has 1 rings (SSSR count). The van der Waals surface area contributed by atoms with Gasteiger partial charge in [0.05, 0.1) is 12.1 Å². The number of hydrogen-bond donors (Lipinski definition) is 1. The van der Waals surface area contributed by atoms with Crippen molar-refractivity contribution in [1.29, 1.82) is 0 Å². The Morgan fingerprint density at radius 2 is 2.12 bits per heavy atom. The molecule has 1 unspecified atom stereocenters. The van der Waals surface area contributed by atoms with E-state index in [9.17, 15) is 4.79 Å². The summed E-state index contributed by atoms with van der Waals surface area (Å²) in [7, 11) is 0. The average molecular weight is 224 g/mol. The lowest BCUT2D eigenvalue weighted by atomic mass is 10.1. The smallest absolute Gasteiger partial charge is 0.307 e. The lowest BCUT2D eigenvalue weighted by Crippen LogP contribution is -2.09. The number of hydrogen-bond acceptors (Lipinski definition) is 2. The van der Waals surface area contributed by atoms with E-state index in [0.29, 0.717) is 6.04 Å². The molecule has 1 aromatic rings. The number of carboxylic acid groups (broad SMARTS) is 1. The van der Waals surface area contributed by atoms with Crippen LogP contribution in [0.15, 0.2) is 0 Å². The van der Waals surface area contributed by atoms with E-state index in [0.717, 1.165) is 29.8 Å². The van der Waals surface area contributed by atoms with Crippen LogP contribution in [0, 0.1) is 13.8 Å². The van der Waals surface area contributed by atoms with E-state index < -0.39 is 5.97 Å². The molecule has 0 saturated heterocycles. The fourth-order valence-electron chi connectivity index (χ4n) is 2.07. The number of aromatic nitrogens is 2. The maximum absolute atomic E-state index is 10.7. The van der Waals surface area contributed by atoms with Gasteiger partial charge in [0.1, 0.15) is 0 Å². The van der Waals surface area contributed by atoms with Crippen LogP contribution in [0.3, 0.4) is 0 Å². The van der Waals surface area contributed by atoms with Gasteiger partial charge in [-0.2, -0.15) is 5.10 Å². The minimum Gasteiger partial charge on any atom is -0.481 e. The average Bonchev–Trinajstić information content (AvgIpc) is 2.45. The van der Waals surface area contributed by atoms with E-state index in [-0.39, 0.29) is 6.42 Å². The van der Waals surface area contributed by atoms with Gasteiger partial charge >= 0.3 is 5.97 Å². The highest BCUT2D eigenvalue weighted by atomic mass is 16.4. The molecule has 0 aliphatic carbocycles. The van der Waals surface area contributed by atoms with Crippen LogP contribution in [-0.2, 0) is 11.2 Å². The Morgan fingerprint density at radius 3 is 2.62 bits per heavy atom. The third kappa shape index (κ3) is 2.62. The zero-order valence-corrected chi connectivity index (χ0v) is 10.4. The van der Waals surface area contributed by atoms with E-state index in [1.54, 1.807) is 0 Å². The second-order valence-corrected chi connectivity index (χ2v) is 4.30. The molecule has 1 aromatic heterocycles. The molecular formula is C12H20N2O2. The molecule has 90 valence electrons. The van der Waals surface area contributed by atoms with Crippen LogP contribution in [-0.4, -0.2) is 20.9 Å². The lowest BCUT2D eigenvalue weighted by Gasteiger charge is -2.13. The van der Waals surface area contributed by atoms with Gasteiger partial charge in [-0.15, -0.1) is 0 Å². The second kappa shape index (κ2) is 5.14. The van der Waals surface area contributed by atoms with Gasteiger partial charge < -0.3 is 5.11 Å². The van der Waals surface area contributed by atoms with Gasteiger partial charge in [0.25, 0.3) is 0 Å². The molecule has 0 aromatic carbocycles. The number of rotatable bonds is 5. The third-order valence-corrected chi connectivity index (χ3v) is 2.93. The highest BCUT2D eigenvalue weighted by Gasteiger charge is 2.16. The van der Waals surface area contributed by atoms with Gasteiger partial charge in [0, 0.05) is 17.3 Å². The van der Waals surface area contributed by atoms with Crippen molar-refractivity contribution in [3.05, 3.63) is 17.0 Å². The molecule has 1 N–H and O–H groups in total. The van der Waals surface area contributed by atoms with Crippen molar-refractivity contribution in [2.45, 2.75) is 53.0 Å². The summed E-state index contributed by atoms with van der Waals surface area (Å²) in [5.74, 6) is -0.797. The summed E-state index contributed by atoms with van der Waals surface area (Å²) in [5, 5.41) is 13.3. The van der Waals surface area contributed by atoms with Crippen LogP contribution in [0.4, 0.5) is 0 Å². The molecule has 0 aliphatic rings. The van der Waals surface area contributed by atoms with Gasteiger partial charge in [0.15, 0.2) is 0 Å². The largest absolute Gasteiger partial charge is 0.481 e. The van der Waals surface area contributed by atoms with Crippen LogP contribution < -0.4 is 0 Å². The number of aryl methyl sites for hydroxylation is 1. The number of carbonyl (C=O) groups is 1. The van der Waals surface area contributed by atoms with E-state index >= 15 is 0 Å². The fourth-order valence-corrected chi connectivity index (χ4v) is 2.07. The Hall–Kier alpha value is -1.32. The summed E-state index contributed by atoms with van der Waals surface area (Å²) in [6.07, 6.45) is 2.23. The number of nitrogens with zero attached hydrogens (tertiary/aromatic N) is 2. The quantitative estimate of drug-likeness (QED) is 0.836. The third-order valence-electron chi connectivity index (χ3n) is 2.93. The van der Waals surface area contributed by atoms with Crippen molar-refractivity contribution in [2.75, 3.05) is 0 Å². The topological polar surface area (TPSA) is 55.1 Å². The van der Waals surface area contributed by atoms with Crippen LogP contribution in [0.1, 0.15) is 49.7 Å². The van der Waals surface area contributed by atoms with Gasteiger partial charge in [0.2, 0.25) is 0 Å². The van der Waals surface area contributed by atoms with E-state index in [4.69, 9.17) is 5.11 Å². The molecule has 0 amide bonds. The summed E-state index contributed by atoms with van der Waals surface area (Å²) < 4.78 is 1.96. The van der Waals surface area contributed by atoms with Crippen LogP contribution in [0.2, 0.25) is 0 Å². The summed E-state index contributed by atoms with van der Waals surface area (Å²) >= 11 is 0. The van der Waals surface area contributed by atoms with Crippen molar-refractivity contribution in [3.8, 4) is 0 Å². The SMILES string of the molecule is CCCC(C)n1nc(C)c(CC(=O)O)c1C. The molecule has 0 bridgehead atoms. The summed E-state index contributed by atoms with van der Waals surface area (Å²) in [6.45, 7) is 8.08. The predicted molar refractivity (Wildman–Crippen MR) is 62.7 cm³/mol. The van der Waals surface area contributed by atoms with Gasteiger partial charge in [-0.1, -0.05) is 13.3 Å². The van der Waals surface area contributed by atoms with Crippen LogP contribution >= 0.6 is 0 Å². The van der Waals surface area contributed by atoms with Gasteiger partial charge in [-0.25, -0.2) is 0 Å². The predicted octanol–water partition coefficient (Wildman–Crippen LogP) is 2.49. The van der Waals surface area contributed by atoms with Gasteiger partial charge in [-0.3, -0.25) is 9.48 Å². The van der Waals surface area contributed by atoms with Crippen LogP contribution in [0.25, 0.3) is 0 Å². The zero-order valence-electron chi connectivity index (χ0n) is 10.4. The van der Waals surface area contributed by atoms with Crippen LogP contribution in [0.5, 0.6) is 0 Å². The Bertz CT molecular complexity index is 383. The van der Waals surface area contributed by atoms with E-state index in [1.165, 1.54) is 0 Å². The molecule has 1 heterocycles. The normalized spacial score (nSPS) is 12.8. The highest BCUT2D eigenvalue weighted by Crippen LogP contribution is 2.20. The van der Waals surface area contributed by atoms with Crippen molar-refractivity contribution < 1.29 is 9.90 Å². The molecule has 0 spiro atoms. The summed E-state index contributed by atoms with van der Waals surface area (Å²) in [6, 6.07) is 0.339. The lowest BCUT2D eigenvalue weighted by molar-refractivity contribution is -0.136. The first-order valence-electron chi connectivity index (χ1n) is 5.73. The maximum atomic E-state index is 10.7. The number of aliphatic carboxylic acids is 1. The Balaban J connectivity index is 3.01. The molecule has 0 fully saturated rings. The van der Waals surface area contributed by atoms with Gasteiger partial charge in [-0.05, 0) is 27.2 Å². The molecule has 4 heteroatoms. The molecule has 0 radical (unpaired) electrons. The molecule has 0 saturated carbocycles. The Kier molecular flexibility index (Phi) is 4.10. The first-order chi connectivity index (χ1) is 7.47. The molecular weight excluding hydrogens is 204 g/mol. The van der Waals surface area contributed by atoms with Crippen molar-refractivity contribution >= 4 is 5.97 Å². The molecule has 0 aliphatic heterocycles. The standard InChI is InChI=1S/C12H20N2O2/c1-5-6-8(2)14-10(4)11(7-12(15)16)9(3)13-14/h8H,5-7H2,1-4H3,(H,15,16). The summed E-state index contributed by atoms with van der Waals surface area (Å²) in [5.41, 5.74) is 2.68. The fraction of sp³-hybridized carbons (Fsp3) is 0.667. The maximum Gasteiger partial charge on any atom is 0.307 e. The Morgan fingerprint density at radius 1 is 1.50 bits per heavy atom. The minimum absolute atomic E-state index is 0.0660. The van der Waals surface area contributed by atoms with Crippen molar-refractivity contribution in [3.63, 3.8) is 0 Å². The van der Waals surface area contributed by atoms with Crippen molar-refractivity contribution in [2.24, 2.45) is 0 Å². The molecule has 4 nitrogen and oxygen atoms in total. The van der Waals surface area contributed by atoms with E-state index in [2.05, 4.69) is 18.9 Å². The van der Waals surface area contributed by atoms with Crippen molar-refractivity contribution in [1.82, 2.24) is 9.78 Å². The highest BCUT2D eigenvalue weighted by molar-refractivity contribution is 5.70. The zero-order chi connectivity index (χ0) is 12.3. The monoisotopic (exact) mass is 224 g/mol. The Labute approximate surface area is 96.3 Å². The first-order valence-corrected chi connectivity index (χ1v) is 5.73. The second-order valence-electron chi connectivity index (χ2n) is 4.30. The molecule has 16 heavy (non-hydrogen) atoms.